The van der Waals surface area contributed by atoms with Crippen LogP contribution in [0.1, 0.15) is 26.2 Å². The number of hydrogen-bond donors (Lipinski definition) is 1. The van der Waals surface area contributed by atoms with Gasteiger partial charge in [0.25, 0.3) is 0 Å². The van der Waals surface area contributed by atoms with Crippen LogP contribution < -0.4 is 10.6 Å². The molecule has 1 atom stereocenters. The summed E-state index contributed by atoms with van der Waals surface area (Å²) in [6, 6.07) is 8.50. The van der Waals surface area contributed by atoms with E-state index in [0.717, 1.165) is 37.6 Å². The summed E-state index contributed by atoms with van der Waals surface area (Å²) in [5.41, 5.74) is 7.02. The molecule has 112 valence electrons. The molecule has 1 aromatic rings. The molecule has 0 radical (unpaired) electrons. The number of nitrogens with zero attached hydrogens (tertiary/aromatic N) is 2. The molecule has 2 N–H and O–H groups in total. The molecule has 0 spiro atoms. The number of unbranched alkanes of at least 4 members (excludes halogenated alkanes) is 1. The average molecular weight is 296 g/mol. The molecule has 4 heteroatoms. The highest BCUT2D eigenvalue weighted by atomic mass is 35.5. The van der Waals surface area contributed by atoms with Crippen molar-refractivity contribution in [3.05, 3.63) is 29.3 Å². The van der Waals surface area contributed by atoms with Crippen LogP contribution in [0.25, 0.3) is 0 Å². The zero-order valence-electron chi connectivity index (χ0n) is 12.4. The van der Waals surface area contributed by atoms with Crippen molar-refractivity contribution in [2.75, 3.05) is 37.6 Å². The molecule has 0 aromatic heterocycles. The molecule has 1 aliphatic heterocycles. The fourth-order valence-electron chi connectivity index (χ4n) is 2.70. The first kappa shape index (κ1) is 15.6. The monoisotopic (exact) mass is 295 g/mol. The van der Waals surface area contributed by atoms with E-state index in [-0.39, 0.29) is 0 Å². The maximum absolute atomic E-state index is 6.06. The zero-order valence-corrected chi connectivity index (χ0v) is 13.1. The lowest BCUT2D eigenvalue weighted by Crippen LogP contribution is -2.46. The van der Waals surface area contributed by atoms with Crippen molar-refractivity contribution in [3.63, 3.8) is 0 Å². The summed E-state index contributed by atoms with van der Waals surface area (Å²) in [5, 5.41) is 0.820. The van der Waals surface area contributed by atoms with E-state index in [0.29, 0.717) is 6.04 Å². The number of benzene rings is 1. The van der Waals surface area contributed by atoms with E-state index in [1.807, 2.05) is 12.1 Å². The summed E-state index contributed by atoms with van der Waals surface area (Å²) in [7, 11) is 0. The van der Waals surface area contributed by atoms with Gasteiger partial charge in [0, 0.05) is 42.9 Å². The average Bonchev–Trinajstić information content (AvgIpc) is 2.44. The number of piperazine rings is 1. The van der Waals surface area contributed by atoms with Crippen molar-refractivity contribution in [1.29, 1.82) is 0 Å². The molecule has 1 heterocycles. The minimum Gasteiger partial charge on any atom is -0.369 e. The second-order valence-electron chi connectivity index (χ2n) is 5.78. The maximum Gasteiger partial charge on any atom is 0.0426 e. The van der Waals surface area contributed by atoms with Gasteiger partial charge in [-0.1, -0.05) is 24.1 Å². The molecule has 20 heavy (non-hydrogen) atoms. The fraction of sp³-hybridized carbons (Fsp3) is 0.625. The van der Waals surface area contributed by atoms with Crippen LogP contribution >= 0.6 is 11.6 Å². The van der Waals surface area contributed by atoms with Crippen molar-refractivity contribution < 1.29 is 0 Å². The lowest BCUT2D eigenvalue weighted by Gasteiger charge is -2.36. The Labute approximate surface area is 127 Å². The SMILES string of the molecule is CC(N)CCCCN1CCN(c2cccc(Cl)c2)CC1. The fourth-order valence-corrected chi connectivity index (χ4v) is 2.89. The van der Waals surface area contributed by atoms with Crippen molar-refractivity contribution in [2.24, 2.45) is 5.73 Å². The van der Waals surface area contributed by atoms with Gasteiger partial charge in [-0.05, 0) is 44.5 Å². The van der Waals surface area contributed by atoms with Gasteiger partial charge in [0.15, 0.2) is 0 Å². The van der Waals surface area contributed by atoms with E-state index in [1.165, 1.54) is 25.1 Å². The van der Waals surface area contributed by atoms with E-state index in [9.17, 15) is 0 Å². The van der Waals surface area contributed by atoms with Crippen LogP contribution in [0, 0.1) is 0 Å². The van der Waals surface area contributed by atoms with Crippen molar-refractivity contribution >= 4 is 17.3 Å². The molecule has 2 rings (SSSR count). The van der Waals surface area contributed by atoms with Gasteiger partial charge in [0.05, 0.1) is 0 Å². The predicted molar refractivity (Wildman–Crippen MR) is 87.6 cm³/mol. The van der Waals surface area contributed by atoms with E-state index in [4.69, 9.17) is 17.3 Å². The Morgan fingerprint density at radius 3 is 2.60 bits per heavy atom. The van der Waals surface area contributed by atoms with Gasteiger partial charge in [-0.2, -0.15) is 0 Å². The van der Waals surface area contributed by atoms with E-state index >= 15 is 0 Å². The minimum atomic E-state index is 0.342. The third-order valence-electron chi connectivity index (χ3n) is 3.93. The molecule has 3 nitrogen and oxygen atoms in total. The Morgan fingerprint density at radius 1 is 1.20 bits per heavy atom. The highest BCUT2D eigenvalue weighted by molar-refractivity contribution is 6.30. The summed E-state index contributed by atoms with van der Waals surface area (Å²) >= 11 is 6.06. The van der Waals surface area contributed by atoms with Crippen molar-refractivity contribution in [3.8, 4) is 0 Å². The Bertz CT molecular complexity index is 400. The molecule has 0 bridgehead atoms. The first-order valence-electron chi connectivity index (χ1n) is 7.63. The smallest absolute Gasteiger partial charge is 0.0426 e. The quantitative estimate of drug-likeness (QED) is 0.819. The van der Waals surface area contributed by atoms with Crippen LogP contribution in [0.3, 0.4) is 0 Å². The Kier molecular flexibility index (Phi) is 6.14. The lowest BCUT2D eigenvalue weighted by molar-refractivity contribution is 0.251. The van der Waals surface area contributed by atoms with Gasteiger partial charge in [0.1, 0.15) is 0 Å². The third-order valence-corrected chi connectivity index (χ3v) is 4.16. The number of hydrogen-bond acceptors (Lipinski definition) is 3. The second-order valence-corrected chi connectivity index (χ2v) is 6.22. The van der Waals surface area contributed by atoms with Crippen LogP contribution in [-0.4, -0.2) is 43.7 Å². The van der Waals surface area contributed by atoms with E-state index in [2.05, 4.69) is 28.9 Å². The van der Waals surface area contributed by atoms with Gasteiger partial charge in [-0.15, -0.1) is 0 Å². The summed E-state index contributed by atoms with van der Waals surface area (Å²) in [6.07, 6.45) is 3.65. The predicted octanol–water partition coefficient (Wildman–Crippen LogP) is 2.98. The third kappa shape index (κ3) is 4.97. The normalized spacial score (nSPS) is 18.2. The van der Waals surface area contributed by atoms with Crippen molar-refractivity contribution in [1.82, 2.24) is 4.90 Å². The topological polar surface area (TPSA) is 32.5 Å². The zero-order chi connectivity index (χ0) is 14.4. The maximum atomic E-state index is 6.06. The molecule has 0 aliphatic carbocycles. The Morgan fingerprint density at radius 2 is 1.95 bits per heavy atom. The largest absolute Gasteiger partial charge is 0.369 e. The van der Waals surface area contributed by atoms with Gasteiger partial charge in [-0.3, -0.25) is 4.90 Å². The molecule has 0 saturated carbocycles. The van der Waals surface area contributed by atoms with E-state index in [1.54, 1.807) is 0 Å². The van der Waals surface area contributed by atoms with Gasteiger partial charge in [-0.25, -0.2) is 0 Å². The van der Waals surface area contributed by atoms with Crippen LogP contribution in [0.4, 0.5) is 5.69 Å². The molecular weight excluding hydrogens is 270 g/mol. The lowest BCUT2D eigenvalue weighted by atomic mass is 10.1. The number of rotatable bonds is 6. The van der Waals surface area contributed by atoms with Crippen LogP contribution in [0.15, 0.2) is 24.3 Å². The summed E-state index contributed by atoms with van der Waals surface area (Å²) < 4.78 is 0. The highest BCUT2D eigenvalue weighted by Crippen LogP contribution is 2.20. The molecular formula is C16H26ClN3. The molecule has 1 unspecified atom stereocenters. The number of nitrogens with two attached hydrogens (primary N) is 1. The highest BCUT2D eigenvalue weighted by Gasteiger charge is 2.16. The summed E-state index contributed by atoms with van der Waals surface area (Å²) in [4.78, 5) is 4.98. The first-order valence-corrected chi connectivity index (χ1v) is 8.01. The number of halogens is 1. The summed E-state index contributed by atoms with van der Waals surface area (Å²) in [6.45, 7) is 7.76. The number of anilines is 1. The van der Waals surface area contributed by atoms with Crippen LogP contribution in [-0.2, 0) is 0 Å². The Hall–Kier alpha value is -0.770. The molecule has 1 aliphatic rings. The van der Waals surface area contributed by atoms with Gasteiger partial charge < -0.3 is 10.6 Å². The van der Waals surface area contributed by atoms with Gasteiger partial charge in [0.2, 0.25) is 0 Å². The van der Waals surface area contributed by atoms with Gasteiger partial charge >= 0.3 is 0 Å². The van der Waals surface area contributed by atoms with Crippen LogP contribution in [0.5, 0.6) is 0 Å². The van der Waals surface area contributed by atoms with Crippen molar-refractivity contribution in [2.45, 2.75) is 32.2 Å². The first-order chi connectivity index (χ1) is 9.65. The minimum absolute atomic E-state index is 0.342. The van der Waals surface area contributed by atoms with Crippen LogP contribution in [0.2, 0.25) is 5.02 Å². The molecule has 1 fully saturated rings. The molecule has 0 amide bonds. The standard InChI is InChI=1S/C16H26ClN3/c1-14(18)5-2-3-8-19-9-11-20(12-10-19)16-7-4-6-15(17)13-16/h4,6-7,13-14H,2-3,5,8-12,18H2,1H3. The summed E-state index contributed by atoms with van der Waals surface area (Å²) in [5.74, 6) is 0. The molecule has 1 saturated heterocycles. The van der Waals surface area contributed by atoms with E-state index < -0.39 is 0 Å². The second kappa shape index (κ2) is 7.87. The Balaban J connectivity index is 1.70. The molecule has 1 aromatic carbocycles.